The zero-order valence-electron chi connectivity index (χ0n) is 5.52. The summed E-state index contributed by atoms with van der Waals surface area (Å²) < 4.78 is 0. The Bertz CT molecular complexity index is 231. The normalized spacial score (nSPS) is 8.00. The molecule has 11 heavy (non-hydrogen) atoms. The standard InChI is InChI=1S/C6H5NO4/c1-5(7(10)11)2-6(3-8)4-9/h2-4H,1H2. The maximum atomic E-state index is 9.93. The Morgan fingerprint density at radius 1 is 1.36 bits per heavy atom. The van der Waals surface area contributed by atoms with E-state index >= 15 is 0 Å². The second kappa shape index (κ2) is 4.10. The predicted molar refractivity (Wildman–Crippen MR) is 36.3 cm³/mol. The van der Waals surface area contributed by atoms with Gasteiger partial charge in [-0.3, -0.25) is 19.7 Å². The van der Waals surface area contributed by atoms with Gasteiger partial charge in [0.1, 0.15) is 0 Å². The van der Waals surface area contributed by atoms with E-state index < -0.39 is 10.6 Å². The summed E-state index contributed by atoms with van der Waals surface area (Å²) in [6.45, 7) is 3.00. The van der Waals surface area contributed by atoms with E-state index in [0.717, 1.165) is 6.08 Å². The number of carbonyl (C=O) groups is 2. The zero-order valence-corrected chi connectivity index (χ0v) is 5.52. The average Bonchev–Trinajstić information content (AvgIpc) is 1.99. The highest BCUT2D eigenvalue weighted by Crippen LogP contribution is 1.96. The molecule has 0 rings (SSSR count). The van der Waals surface area contributed by atoms with Crippen molar-refractivity contribution in [3.8, 4) is 0 Å². The summed E-state index contributed by atoms with van der Waals surface area (Å²) in [4.78, 5) is 29.0. The number of hydrogen-bond donors (Lipinski definition) is 0. The largest absolute Gasteiger partial charge is 0.298 e. The van der Waals surface area contributed by atoms with Gasteiger partial charge in [-0.05, 0) is 6.58 Å². The molecule has 0 aromatic heterocycles. The van der Waals surface area contributed by atoms with Crippen LogP contribution in [0.25, 0.3) is 0 Å². The number of aldehydes is 2. The van der Waals surface area contributed by atoms with Crippen LogP contribution >= 0.6 is 0 Å². The molecular formula is C6H5NO4. The Kier molecular flexibility index (Phi) is 3.44. The maximum Gasteiger partial charge on any atom is 0.263 e. The Balaban J connectivity index is 4.51. The Labute approximate surface area is 62.2 Å². The first-order valence-corrected chi connectivity index (χ1v) is 2.57. The minimum Gasteiger partial charge on any atom is -0.298 e. The second-order valence-electron chi connectivity index (χ2n) is 1.63. The Morgan fingerprint density at radius 3 is 2.09 bits per heavy atom. The van der Waals surface area contributed by atoms with Gasteiger partial charge in [0, 0.05) is 6.08 Å². The summed E-state index contributed by atoms with van der Waals surface area (Å²) in [6.07, 6.45) is 1.25. The molecule has 58 valence electrons. The summed E-state index contributed by atoms with van der Waals surface area (Å²) in [7, 11) is 0. The SMILES string of the molecule is C=C(C=C(C=O)C=O)[N+](=O)[O-]. The topological polar surface area (TPSA) is 77.3 Å². The number of nitrogens with zero attached hydrogens (tertiary/aromatic N) is 1. The lowest BCUT2D eigenvalue weighted by molar-refractivity contribution is -0.418. The molecule has 0 spiro atoms. The van der Waals surface area contributed by atoms with Gasteiger partial charge in [0.25, 0.3) is 5.70 Å². The molecule has 0 atom stereocenters. The van der Waals surface area contributed by atoms with Gasteiger partial charge in [-0.2, -0.15) is 0 Å². The van der Waals surface area contributed by atoms with Crippen LogP contribution in [0.3, 0.4) is 0 Å². The summed E-state index contributed by atoms with van der Waals surface area (Å²) in [6, 6.07) is 0. The summed E-state index contributed by atoms with van der Waals surface area (Å²) in [5.41, 5.74) is -0.786. The molecule has 0 heterocycles. The smallest absolute Gasteiger partial charge is 0.263 e. The molecule has 0 aliphatic heterocycles. The van der Waals surface area contributed by atoms with E-state index in [9.17, 15) is 19.7 Å². The van der Waals surface area contributed by atoms with Crippen LogP contribution < -0.4 is 0 Å². The second-order valence-corrected chi connectivity index (χ2v) is 1.63. The van der Waals surface area contributed by atoms with Gasteiger partial charge in [0.15, 0.2) is 12.6 Å². The van der Waals surface area contributed by atoms with Gasteiger partial charge in [0.2, 0.25) is 0 Å². The molecule has 0 N–H and O–H groups in total. The minimum absolute atomic E-state index is 0.224. The lowest BCUT2D eigenvalue weighted by atomic mass is 10.3. The third kappa shape index (κ3) is 3.04. The van der Waals surface area contributed by atoms with Gasteiger partial charge in [-0.25, -0.2) is 0 Å². The highest BCUT2D eigenvalue weighted by atomic mass is 16.6. The molecule has 5 heteroatoms. The Hall–Kier alpha value is -1.78. The van der Waals surface area contributed by atoms with E-state index in [1.54, 1.807) is 0 Å². The number of allylic oxidation sites excluding steroid dienone is 2. The highest BCUT2D eigenvalue weighted by Gasteiger charge is 2.03. The van der Waals surface area contributed by atoms with Gasteiger partial charge in [-0.15, -0.1) is 0 Å². The van der Waals surface area contributed by atoms with Crippen molar-refractivity contribution in [3.63, 3.8) is 0 Å². The molecule has 0 fully saturated rings. The maximum absolute atomic E-state index is 9.93. The molecule has 0 saturated heterocycles. The molecule has 0 saturated carbocycles. The van der Waals surface area contributed by atoms with Crippen molar-refractivity contribution < 1.29 is 14.5 Å². The molecule has 0 aliphatic carbocycles. The third-order valence-electron chi connectivity index (χ3n) is 0.840. The highest BCUT2D eigenvalue weighted by molar-refractivity contribution is 5.99. The first-order valence-electron chi connectivity index (χ1n) is 2.57. The van der Waals surface area contributed by atoms with Crippen LogP contribution in [0.5, 0.6) is 0 Å². The van der Waals surface area contributed by atoms with Crippen molar-refractivity contribution >= 4 is 12.6 Å². The Morgan fingerprint density at radius 2 is 1.82 bits per heavy atom. The van der Waals surface area contributed by atoms with Gasteiger partial charge < -0.3 is 0 Å². The predicted octanol–water partition coefficient (Wildman–Crippen LogP) is 0.101. The fourth-order valence-corrected chi connectivity index (χ4v) is 0.341. The first kappa shape index (κ1) is 9.22. The van der Waals surface area contributed by atoms with E-state index in [4.69, 9.17) is 0 Å². The summed E-state index contributed by atoms with van der Waals surface area (Å²) in [5, 5.41) is 9.90. The average molecular weight is 155 g/mol. The van der Waals surface area contributed by atoms with Crippen molar-refractivity contribution in [2.45, 2.75) is 0 Å². The van der Waals surface area contributed by atoms with Crippen molar-refractivity contribution in [2.75, 3.05) is 0 Å². The summed E-state index contributed by atoms with van der Waals surface area (Å²) in [5.74, 6) is 0. The number of carbonyl (C=O) groups excluding carboxylic acids is 2. The fraction of sp³-hybridized carbons (Fsp3) is 0. The van der Waals surface area contributed by atoms with Crippen LogP contribution in [0.1, 0.15) is 0 Å². The molecule has 0 aliphatic rings. The van der Waals surface area contributed by atoms with E-state index in [1.807, 2.05) is 0 Å². The van der Waals surface area contributed by atoms with Gasteiger partial charge in [0.05, 0.1) is 10.5 Å². The number of hydrogen-bond acceptors (Lipinski definition) is 4. The molecule has 0 bridgehead atoms. The molecular weight excluding hydrogens is 150 g/mol. The molecule has 5 nitrogen and oxygen atoms in total. The van der Waals surface area contributed by atoms with Gasteiger partial charge >= 0.3 is 0 Å². The van der Waals surface area contributed by atoms with Crippen LogP contribution in [0, 0.1) is 10.1 Å². The molecule has 0 aromatic rings. The van der Waals surface area contributed by atoms with E-state index in [0.29, 0.717) is 0 Å². The van der Waals surface area contributed by atoms with Crippen molar-refractivity contribution in [1.82, 2.24) is 0 Å². The van der Waals surface area contributed by atoms with Crippen molar-refractivity contribution in [3.05, 3.63) is 34.0 Å². The molecule has 0 aromatic carbocycles. The van der Waals surface area contributed by atoms with Gasteiger partial charge in [-0.1, -0.05) is 0 Å². The van der Waals surface area contributed by atoms with Crippen LogP contribution in [0.4, 0.5) is 0 Å². The molecule has 0 radical (unpaired) electrons. The lowest BCUT2D eigenvalue weighted by Gasteiger charge is -1.86. The van der Waals surface area contributed by atoms with E-state index in [1.165, 1.54) is 0 Å². The van der Waals surface area contributed by atoms with Crippen molar-refractivity contribution in [1.29, 1.82) is 0 Å². The third-order valence-corrected chi connectivity index (χ3v) is 0.840. The first-order chi connectivity index (χ1) is 5.11. The molecule has 0 amide bonds. The monoisotopic (exact) mass is 155 g/mol. The van der Waals surface area contributed by atoms with Crippen LogP contribution in [-0.4, -0.2) is 17.5 Å². The zero-order chi connectivity index (χ0) is 8.85. The van der Waals surface area contributed by atoms with Crippen LogP contribution in [0.2, 0.25) is 0 Å². The van der Waals surface area contributed by atoms with E-state index in [-0.39, 0.29) is 18.1 Å². The molecule has 0 unspecified atom stereocenters. The summed E-state index contributed by atoms with van der Waals surface area (Å²) >= 11 is 0. The quantitative estimate of drug-likeness (QED) is 0.110. The van der Waals surface area contributed by atoms with E-state index in [2.05, 4.69) is 6.58 Å². The lowest BCUT2D eigenvalue weighted by Crippen LogP contribution is -1.96. The fourth-order valence-electron chi connectivity index (χ4n) is 0.341. The number of rotatable bonds is 4. The number of nitro groups is 1. The minimum atomic E-state index is -0.785. The van der Waals surface area contributed by atoms with Crippen molar-refractivity contribution in [2.24, 2.45) is 0 Å². The van der Waals surface area contributed by atoms with Crippen LogP contribution in [-0.2, 0) is 9.59 Å². The van der Waals surface area contributed by atoms with Crippen LogP contribution in [0.15, 0.2) is 23.9 Å².